The number of carbonyl (C=O) groups excluding carboxylic acids is 1. The van der Waals surface area contributed by atoms with Gasteiger partial charge >= 0.3 is 0 Å². The molecule has 5 heteroatoms. The number of hydrogen-bond acceptors (Lipinski definition) is 3. The van der Waals surface area contributed by atoms with E-state index in [1.165, 1.54) is 12.1 Å². The number of hydrogen-bond donors (Lipinski definition) is 2. The zero-order chi connectivity index (χ0) is 19.2. The van der Waals surface area contributed by atoms with E-state index in [4.69, 9.17) is 5.73 Å². The van der Waals surface area contributed by atoms with Crippen LogP contribution in [0, 0.1) is 17.7 Å². The zero-order valence-corrected chi connectivity index (χ0v) is 14.7. The summed E-state index contributed by atoms with van der Waals surface area (Å²) >= 11 is 0. The summed E-state index contributed by atoms with van der Waals surface area (Å²) in [5, 5.41) is 2.65. The van der Waals surface area contributed by atoms with Crippen LogP contribution in [0.5, 0.6) is 0 Å². The molecule has 1 atom stereocenters. The highest BCUT2D eigenvalue weighted by Crippen LogP contribution is 2.24. The van der Waals surface area contributed by atoms with Crippen LogP contribution in [0.2, 0.25) is 0 Å². The second-order valence-electron chi connectivity index (χ2n) is 6.00. The number of pyridine rings is 1. The molecule has 4 nitrogen and oxygen atoms in total. The van der Waals surface area contributed by atoms with Gasteiger partial charge in [-0.05, 0) is 54.8 Å². The Morgan fingerprint density at radius 3 is 2.56 bits per heavy atom. The Hall–Kier alpha value is -3.49. The molecule has 27 heavy (non-hydrogen) atoms. The second kappa shape index (κ2) is 8.26. The van der Waals surface area contributed by atoms with Crippen LogP contribution in [-0.2, 0) is 4.79 Å². The summed E-state index contributed by atoms with van der Waals surface area (Å²) in [5.74, 6) is 5.72. The summed E-state index contributed by atoms with van der Waals surface area (Å²) in [6.07, 6.45) is 0. The second-order valence-corrected chi connectivity index (χ2v) is 6.00. The molecule has 0 fully saturated rings. The summed E-state index contributed by atoms with van der Waals surface area (Å²) in [5.41, 5.74) is 8.18. The number of rotatable bonds is 3. The van der Waals surface area contributed by atoms with Crippen molar-refractivity contribution in [3.05, 3.63) is 83.8 Å². The van der Waals surface area contributed by atoms with Gasteiger partial charge in [0.05, 0.1) is 6.04 Å². The average molecular weight is 359 g/mol. The van der Waals surface area contributed by atoms with E-state index in [9.17, 15) is 9.18 Å². The molecule has 134 valence electrons. The summed E-state index contributed by atoms with van der Waals surface area (Å²) in [6.45, 7) is 1.59. The van der Waals surface area contributed by atoms with E-state index in [0.29, 0.717) is 22.6 Å². The maximum Gasteiger partial charge on any atom is 0.242 e. The predicted molar refractivity (Wildman–Crippen MR) is 104 cm³/mol. The van der Waals surface area contributed by atoms with Gasteiger partial charge in [-0.3, -0.25) is 4.79 Å². The maximum absolute atomic E-state index is 13.6. The van der Waals surface area contributed by atoms with Crippen molar-refractivity contribution in [3.63, 3.8) is 0 Å². The van der Waals surface area contributed by atoms with Crippen molar-refractivity contribution in [2.45, 2.75) is 13.0 Å². The van der Waals surface area contributed by atoms with Gasteiger partial charge in [-0.1, -0.05) is 36.3 Å². The van der Waals surface area contributed by atoms with Crippen molar-refractivity contribution in [1.82, 2.24) is 4.98 Å². The quantitative estimate of drug-likeness (QED) is 0.703. The fraction of sp³-hybridized carbons (Fsp3) is 0.0909. The number of benzene rings is 2. The fourth-order valence-electron chi connectivity index (χ4n) is 2.41. The minimum atomic E-state index is -0.659. The van der Waals surface area contributed by atoms with E-state index >= 15 is 0 Å². The van der Waals surface area contributed by atoms with Crippen LogP contribution in [0.15, 0.2) is 66.7 Å². The molecule has 1 unspecified atom stereocenters. The molecule has 0 saturated carbocycles. The van der Waals surface area contributed by atoms with Crippen LogP contribution in [-0.4, -0.2) is 16.9 Å². The summed E-state index contributed by atoms with van der Waals surface area (Å²) in [4.78, 5) is 16.3. The van der Waals surface area contributed by atoms with E-state index in [0.717, 1.165) is 5.56 Å². The van der Waals surface area contributed by atoms with Gasteiger partial charge in [0.25, 0.3) is 0 Å². The molecule has 1 heterocycles. The van der Waals surface area contributed by atoms with Crippen LogP contribution in [0.3, 0.4) is 0 Å². The first-order valence-electron chi connectivity index (χ1n) is 8.43. The monoisotopic (exact) mass is 359 g/mol. The number of carbonyl (C=O) groups is 1. The number of nitrogens with zero attached hydrogens (tertiary/aromatic N) is 1. The van der Waals surface area contributed by atoms with E-state index < -0.39 is 6.04 Å². The Morgan fingerprint density at radius 2 is 1.85 bits per heavy atom. The lowest BCUT2D eigenvalue weighted by atomic mass is 10.0. The van der Waals surface area contributed by atoms with E-state index in [1.807, 2.05) is 30.3 Å². The van der Waals surface area contributed by atoms with Gasteiger partial charge in [-0.25, -0.2) is 9.37 Å². The number of amides is 1. The highest BCUT2D eigenvalue weighted by molar-refractivity contribution is 5.93. The molecule has 0 saturated heterocycles. The van der Waals surface area contributed by atoms with Gasteiger partial charge in [0, 0.05) is 11.1 Å². The highest BCUT2D eigenvalue weighted by Gasteiger charge is 2.11. The van der Waals surface area contributed by atoms with Gasteiger partial charge in [0.2, 0.25) is 5.91 Å². The first kappa shape index (κ1) is 18.3. The van der Waals surface area contributed by atoms with E-state index in [1.54, 1.807) is 31.2 Å². The lowest BCUT2D eigenvalue weighted by Crippen LogP contribution is -2.32. The molecular formula is C22H18FN3O. The van der Waals surface area contributed by atoms with Crippen LogP contribution in [0.4, 0.5) is 10.2 Å². The Bertz CT molecular complexity index is 1020. The van der Waals surface area contributed by atoms with Crippen molar-refractivity contribution in [1.29, 1.82) is 0 Å². The topological polar surface area (TPSA) is 68.0 Å². The molecule has 0 spiro atoms. The van der Waals surface area contributed by atoms with Crippen molar-refractivity contribution in [2.24, 2.45) is 5.73 Å². The largest absolute Gasteiger partial charge is 0.320 e. The SMILES string of the molecule is CC(N)C(=O)Nc1ccc(-c2cccc(F)c2)c(C#Cc2ccccc2)n1. The molecule has 2 aromatic carbocycles. The van der Waals surface area contributed by atoms with E-state index in [-0.39, 0.29) is 11.7 Å². The number of nitrogens with two attached hydrogens (primary N) is 1. The molecule has 0 bridgehead atoms. The minimum Gasteiger partial charge on any atom is -0.320 e. The highest BCUT2D eigenvalue weighted by atomic mass is 19.1. The molecule has 0 aliphatic rings. The number of aromatic nitrogens is 1. The first-order valence-corrected chi connectivity index (χ1v) is 8.43. The maximum atomic E-state index is 13.6. The van der Waals surface area contributed by atoms with E-state index in [2.05, 4.69) is 22.1 Å². The predicted octanol–water partition coefficient (Wildman–Crippen LogP) is 3.57. The summed E-state index contributed by atoms with van der Waals surface area (Å²) in [6, 6.07) is 18.4. The Labute approximate surface area is 157 Å². The smallest absolute Gasteiger partial charge is 0.242 e. The molecule has 3 aromatic rings. The number of anilines is 1. The van der Waals surface area contributed by atoms with Crippen LogP contribution < -0.4 is 11.1 Å². The molecule has 0 radical (unpaired) electrons. The normalized spacial score (nSPS) is 11.2. The van der Waals surface area contributed by atoms with Gasteiger partial charge < -0.3 is 11.1 Å². The van der Waals surface area contributed by atoms with Gasteiger partial charge in [0.1, 0.15) is 17.3 Å². The third kappa shape index (κ3) is 4.78. The minimum absolute atomic E-state index is 0.342. The summed E-state index contributed by atoms with van der Waals surface area (Å²) < 4.78 is 13.6. The lowest BCUT2D eigenvalue weighted by Gasteiger charge is -2.10. The lowest BCUT2D eigenvalue weighted by molar-refractivity contribution is -0.117. The molecule has 1 amide bonds. The molecule has 1 aromatic heterocycles. The van der Waals surface area contributed by atoms with Crippen LogP contribution in [0.25, 0.3) is 11.1 Å². The van der Waals surface area contributed by atoms with Crippen molar-refractivity contribution < 1.29 is 9.18 Å². The third-order valence-corrected chi connectivity index (χ3v) is 3.79. The number of nitrogens with one attached hydrogen (secondary N) is 1. The average Bonchev–Trinajstić information content (AvgIpc) is 2.67. The molecule has 0 aliphatic heterocycles. The van der Waals surface area contributed by atoms with Gasteiger partial charge in [0.15, 0.2) is 0 Å². The molecule has 3 N–H and O–H groups in total. The van der Waals surface area contributed by atoms with Gasteiger partial charge in [-0.15, -0.1) is 0 Å². The third-order valence-electron chi connectivity index (χ3n) is 3.79. The zero-order valence-electron chi connectivity index (χ0n) is 14.7. The Kier molecular flexibility index (Phi) is 5.60. The summed E-state index contributed by atoms with van der Waals surface area (Å²) in [7, 11) is 0. The van der Waals surface area contributed by atoms with Crippen LogP contribution in [0.1, 0.15) is 18.2 Å². The van der Waals surface area contributed by atoms with Gasteiger partial charge in [-0.2, -0.15) is 0 Å². The number of halogens is 1. The first-order chi connectivity index (χ1) is 13.0. The standard InChI is InChI=1S/C22H18FN3O/c1-15(24)22(27)26-21-13-11-19(17-8-5-9-18(23)14-17)20(25-21)12-10-16-6-3-2-4-7-16/h2-9,11,13-15H,24H2,1H3,(H,25,26,27). The molecule has 3 rings (SSSR count). The van der Waals surface area contributed by atoms with Crippen molar-refractivity contribution >= 4 is 11.7 Å². The molecule has 0 aliphatic carbocycles. The Balaban J connectivity index is 2.05. The van der Waals surface area contributed by atoms with Crippen LogP contribution >= 0.6 is 0 Å². The van der Waals surface area contributed by atoms with Crippen molar-refractivity contribution in [3.8, 4) is 23.0 Å². The Morgan fingerprint density at radius 1 is 1.07 bits per heavy atom. The fourth-order valence-corrected chi connectivity index (χ4v) is 2.41. The molecular weight excluding hydrogens is 341 g/mol. The van der Waals surface area contributed by atoms with Crippen molar-refractivity contribution in [2.75, 3.05) is 5.32 Å².